The molecule has 5 nitrogen and oxygen atoms in total. The van der Waals surface area contributed by atoms with E-state index in [0.717, 1.165) is 14.5 Å². The Labute approximate surface area is 157 Å². The van der Waals surface area contributed by atoms with Crippen molar-refractivity contribution in [2.24, 2.45) is 5.10 Å². The molecule has 0 aromatic heterocycles. The first kappa shape index (κ1) is 18.5. The molecule has 0 bridgehead atoms. The fourth-order valence-electron chi connectivity index (χ4n) is 1.85. The predicted molar refractivity (Wildman–Crippen MR) is 101 cm³/mol. The van der Waals surface area contributed by atoms with Crippen LogP contribution in [-0.2, 0) is 4.79 Å². The van der Waals surface area contributed by atoms with Crippen LogP contribution in [0.2, 0.25) is 0 Å². The van der Waals surface area contributed by atoms with Crippen LogP contribution in [-0.4, -0.2) is 25.3 Å². The van der Waals surface area contributed by atoms with Crippen molar-refractivity contribution in [3.63, 3.8) is 0 Å². The Bertz CT molecular complexity index is 750. The molecule has 2 rings (SSSR count). The molecule has 1 N–H and O–H groups in total. The van der Waals surface area contributed by atoms with Gasteiger partial charge in [0.25, 0.3) is 5.91 Å². The van der Waals surface area contributed by atoms with Crippen LogP contribution in [0, 0.1) is 0 Å². The number of amides is 1. The molecule has 2 aromatic carbocycles. The molecule has 0 fully saturated rings. The van der Waals surface area contributed by atoms with Gasteiger partial charge in [-0.2, -0.15) is 5.10 Å². The summed E-state index contributed by atoms with van der Waals surface area (Å²) < 4.78 is 12.5. The quantitative estimate of drug-likeness (QED) is 0.526. The average molecular weight is 456 g/mol. The van der Waals surface area contributed by atoms with E-state index in [9.17, 15) is 4.79 Å². The van der Waals surface area contributed by atoms with Gasteiger partial charge in [0.05, 0.1) is 17.8 Å². The molecule has 1 amide bonds. The number of nitrogens with one attached hydrogen (secondary N) is 1. The monoisotopic (exact) mass is 454 g/mol. The summed E-state index contributed by atoms with van der Waals surface area (Å²) in [5, 5.41) is 3.96. The van der Waals surface area contributed by atoms with Crippen molar-refractivity contribution in [2.75, 3.05) is 7.11 Å². The van der Waals surface area contributed by atoms with Gasteiger partial charge in [0.15, 0.2) is 6.10 Å². The van der Waals surface area contributed by atoms with E-state index >= 15 is 0 Å². The largest absolute Gasteiger partial charge is 0.496 e. The number of nitrogens with zero attached hydrogens (tertiary/aromatic N) is 1. The molecule has 0 aliphatic carbocycles. The fourth-order valence-corrected chi connectivity index (χ4v) is 2.60. The van der Waals surface area contributed by atoms with Gasteiger partial charge in [0.1, 0.15) is 11.5 Å². The number of halogens is 2. The number of hydrazone groups is 1. The minimum absolute atomic E-state index is 0.351. The van der Waals surface area contributed by atoms with Crippen LogP contribution in [0.3, 0.4) is 0 Å². The van der Waals surface area contributed by atoms with Crippen molar-refractivity contribution < 1.29 is 14.3 Å². The lowest BCUT2D eigenvalue weighted by Gasteiger charge is -2.14. The second-order valence-corrected chi connectivity index (χ2v) is 6.58. The number of benzene rings is 2. The maximum absolute atomic E-state index is 12.1. The maximum Gasteiger partial charge on any atom is 0.280 e. The Morgan fingerprint density at radius 1 is 1.21 bits per heavy atom. The molecule has 7 heteroatoms. The summed E-state index contributed by atoms with van der Waals surface area (Å²) in [6, 6.07) is 12.9. The smallest absolute Gasteiger partial charge is 0.280 e. The van der Waals surface area contributed by atoms with Gasteiger partial charge in [-0.05, 0) is 53.2 Å². The molecule has 0 radical (unpaired) electrons. The Morgan fingerprint density at radius 2 is 1.96 bits per heavy atom. The molecule has 0 saturated carbocycles. The minimum atomic E-state index is -0.690. The van der Waals surface area contributed by atoms with Crippen LogP contribution >= 0.6 is 31.9 Å². The van der Waals surface area contributed by atoms with Crippen LogP contribution in [0.25, 0.3) is 0 Å². The van der Waals surface area contributed by atoms with Gasteiger partial charge in [-0.1, -0.05) is 28.1 Å². The SMILES string of the molecule is COc1ccc(Br)cc1/C=N/NC(=O)C(C)Oc1ccccc1Br. The molecule has 24 heavy (non-hydrogen) atoms. The summed E-state index contributed by atoms with van der Waals surface area (Å²) in [7, 11) is 1.58. The third-order valence-electron chi connectivity index (χ3n) is 3.08. The van der Waals surface area contributed by atoms with Gasteiger partial charge in [-0.15, -0.1) is 0 Å². The van der Waals surface area contributed by atoms with Gasteiger partial charge < -0.3 is 9.47 Å². The molecule has 1 unspecified atom stereocenters. The zero-order valence-electron chi connectivity index (χ0n) is 13.1. The molecule has 1 atom stereocenters. The second-order valence-electron chi connectivity index (χ2n) is 4.81. The Morgan fingerprint density at radius 3 is 2.67 bits per heavy atom. The van der Waals surface area contributed by atoms with Crippen LogP contribution in [0.15, 0.2) is 56.5 Å². The van der Waals surface area contributed by atoms with Crippen molar-refractivity contribution in [3.8, 4) is 11.5 Å². The molecular weight excluding hydrogens is 440 g/mol. The Hall–Kier alpha value is -1.86. The van der Waals surface area contributed by atoms with Gasteiger partial charge in [-0.3, -0.25) is 4.79 Å². The summed E-state index contributed by atoms with van der Waals surface area (Å²) in [5.74, 6) is 0.905. The number of methoxy groups -OCH3 is 1. The standard InChI is InChI=1S/C17H16Br2N2O3/c1-11(24-16-6-4-3-5-14(16)19)17(22)21-20-10-12-9-13(18)7-8-15(12)23-2/h3-11H,1-2H3,(H,21,22)/b20-10+. The van der Waals surface area contributed by atoms with Gasteiger partial charge in [0.2, 0.25) is 0 Å². The van der Waals surface area contributed by atoms with E-state index in [1.54, 1.807) is 20.1 Å². The van der Waals surface area contributed by atoms with E-state index in [4.69, 9.17) is 9.47 Å². The van der Waals surface area contributed by atoms with Gasteiger partial charge >= 0.3 is 0 Å². The van der Waals surface area contributed by atoms with Crippen molar-refractivity contribution in [3.05, 3.63) is 57.0 Å². The summed E-state index contributed by atoms with van der Waals surface area (Å²) in [6.07, 6.45) is 0.831. The second kappa shape index (κ2) is 8.84. The number of ether oxygens (including phenoxy) is 2. The van der Waals surface area contributed by atoms with Crippen LogP contribution in [0.4, 0.5) is 0 Å². The highest BCUT2D eigenvalue weighted by Gasteiger charge is 2.15. The third-order valence-corrected chi connectivity index (χ3v) is 4.23. The first-order chi connectivity index (χ1) is 11.5. The minimum Gasteiger partial charge on any atom is -0.496 e. The number of carbonyl (C=O) groups excluding carboxylic acids is 1. The lowest BCUT2D eigenvalue weighted by Crippen LogP contribution is -2.33. The van der Waals surface area contributed by atoms with E-state index in [-0.39, 0.29) is 5.91 Å². The first-order valence-electron chi connectivity index (χ1n) is 7.09. The van der Waals surface area contributed by atoms with E-state index in [1.165, 1.54) is 6.21 Å². The summed E-state index contributed by atoms with van der Waals surface area (Å²) in [6.45, 7) is 1.66. The van der Waals surface area contributed by atoms with Crippen molar-refractivity contribution in [1.29, 1.82) is 0 Å². The van der Waals surface area contributed by atoms with E-state index in [2.05, 4.69) is 42.4 Å². The zero-order chi connectivity index (χ0) is 17.5. The molecule has 0 aliphatic heterocycles. The molecule has 126 valence electrons. The highest BCUT2D eigenvalue weighted by molar-refractivity contribution is 9.10. The summed E-state index contributed by atoms with van der Waals surface area (Å²) in [4.78, 5) is 12.1. The lowest BCUT2D eigenvalue weighted by atomic mass is 10.2. The summed E-state index contributed by atoms with van der Waals surface area (Å²) >= 11 is 6.76. The van der Waals surface area contributed by atoms with Gasteiger partial charge in [-0.25, -0.2) is 5.43 Å². The number of carbonyl (C=O) groups is 1. The van der Waals surface area contributed by atoms with E-state index in [1.807, 2.05) is 36.4 Å². The molecule has 0 aliphatic rings. The highest BCUT2D eigenvalue weighted by atomic mass is 79.9. The Balaban J connectivity index is 1.97. The van der Waals surface area contributed by atoms with Crippen LogP contribution in [0.1, 0.15) is 12.5 Å². The Kier molecular flexibility index (Phi) is 6.81. The lowest BCUT2D eigenvalue weighted by molar-refractivity contribution is -0.127. The molecular formula is C17H16Br2N2O3. The number of para-hydroxylation sites is 1. The van der Waals surface area contributed by atoms with Crippen molar-refractivity contribution in [1.82, 2.24) is 5.43 Å². The molecule has 0 spiro atoms. The topological polar surface area (TPSA) is 59.9 Å². The van der Waals surface area contributed by atoms with E-state index < -0.39 is 6.10 Å². The number of hydrogen-bond donors (Lipinski definition) is 1. The van der Waals surface area contributed by atoms with Crippen LogP contribution in [0.5, 0.6) is 11.5 Å². The number of rotatable bonds is 6. The predicted octanol–water partition coefficient (Wildman–Crippen LogP) is 4.14. The highest BCUT2D eigenvalue weighted by Crippen LogP contribution is 2.25. The average Bonchev–Trinajstić information content (AvgIpc) is 2.57. The van der Waals surface area contributed by atoms with Crippen LogP contribution < -0.4 is 14.9 Å². The van der Waals surface area contributed by atoms with Crippen molar-refractivity contribution in [2.45, 2.75) is 13.0 Å². The molecule has 0 heterocycles. The molecule has 2 aromatic rings. The van der Waals surface area contributed by atoms with E-state index in [0.29, 0.717) is 11.5 Å². The fraction of sp³-hybridized carbons (Fsp3) is 0.176. The normalized spacial score (nSPS) is 12.0. The third kappa shape index (κ3) is 5.07. The van der Waals surface area contributed by atoms with Gasteiger partial charge in [0, 0.05) is 10.0 Å². The first-order valence-corrected chi connectivity index (χ1v) is 8.67. The van der Waals surface area contributed by atoms with Crippen molar-refractivity contribution >= 4 is 44.0 Å². The maximum atomic E-state index is 12.1. The zero-order valence-corrected chi connectivity index (χ0v) is 16.3. The summed E-state index contributed by atoms with van der Waals surface area (Å²) in [5.41, 5.74) is 3.20. The molecule has 0 saturated heterocycles. The number of hydrogen-bond acceptors (Lipinski definition) is 4.